The molecule has 3 aromatic rings. The van der Waals surface area contributed by atoms with E-state index >= 15 is 0 Å². The summed E-state index contributed by atoms with van der Waals surface area (Å²) in [5, 5.41) is 3.39. The summed E-state index contributed by atoms with van der Waals surface area (Å²) in [4.78, 5) is 37.5. The van der Waals surface area contributed by atoms with E-state index in [9.17, 15) is 18.8 Å². The molecular weight excluding hydrogens is 403 g/mol. The number of amides is 2. The van der Waals surface area contributed by atoms with Crippen molar-refractivity contribution in [1.29, 1.82) is 0 Å². The molecule has 1 aromatic heterocycles. The SMILES string of the molecule is Cc1cc2occ(CC(=O)OCC(=O)N(C)CC(=O)Nc3ccc(F)cc3)c2cc1C. The molecule has 2 aromatic carbocycles. The van der Waals surface area contributed by atoms with E-state index in [-0.39, 0.29) is 13.0 Å². The number of nitrogens with zero attached hydrogens (tertiary/aromatic N) is 1. The predicted octanol–water partition coefficient (Wildman–Crippen LogP) is 3.37. The van der Waals surface area contributed by atoms with Crippen LogP contribution in [0.25, 0.3) is 11.0 Å². The van der Waals surface area contributed by atoms with Gasteiger partial charge in [0, 0.05) is 23.7 Å². The molecule has 2 amide bonds. The molecule has 7 nitrogen and oxygen atoms in total. The van der Waals surface area contributed by atoms with Crippen LogP contribution in [0.1, 0.15) is 16.7 Å². The molecule has 0 atom stereocenters. The van der Waals surface area contributed by atoms with E-state index < -0.39 is 30.2 Å². The second-order valence-corrected chi connectivity index (χ2v) is 7.34. The largest absolute Gasteiger partial charge is 0.464 e. The van der Waals surface area contributed by atoms with Gasteiger partial charge >= 0.3 is 5.97 Å². The van der Waals surface area contributed by atoms with E-state index in [1.807, 2.05) is 26.0 Å². The Morgan fingerprint density at radius 3 is 2.48 bits per heavy atom. The van der Waals surface area contributed by atoms with Gasteiger partial charge in [-0.2, -0.15) is 0 Å². The Morgan fingerprint density at radius 2 is 1.77 bits per heavy atom. The molecule has 0 spiro atoms. The summed E-state index contributed by atoms with van der Waals surface area (Å²) in [6.07, 6.45) is 1.48. The first-order chi connectivity index (χ1) is 14.7. The summed E-state index contributed by atoms with van der Waals surface area (Å²) in [7, 11) is 1.43. The highest BCUT2D eigenvalue weighted by atomic mass is 19.1. The number of fused-ring (bicyclic) bond motifs is 1. The summed E-state index contributed by atoms with van der Waals surface area (Å²) in [5.74, 6) is -1.96. The lowest BCUT2D eigenvalue weighted by Gasteiger charge is -2.16. The van der Waals surface area contributed by atoms with E-state index in [0.29, 0.717) is 16.8 Å². The lowest BCUT2D eigenvalue weighted by atomic mass is 10.0. The van der Waals surface area contributed by atoms with Crippen LogP contribution >= 0.6 is 0 Å². The fourth-order valence-electron chi connectivity index (χ4n) is 2.97. The Balaban J connectivity index is 1.48. The molecule has 0 fully saturated rings. The minimum Gasteiger partial charge on any atom is -0.464 e. The number of nitrogens with one attached hydrogen (secondary N) is 1. The topological polar surface area (TPSA) is 88.8 Å². The Bertz CT molecular complexity index is 1120. The fraction of sp³-hybridized carbons (Fsp3) is 0.261. The number of rotatable bonds is 7. The van der Waals surface area contributed by atoms with Crippen molar-refractivity contribution in [2.75, 3.05) is 25.5 Å². The number of carbonyl (C=O) groups is 3. The highest BCUT2D eigenvalue weighted by molar-refractivity contribution is 5.95. The van der Waals surface area contributed by atoms with Crippen molar-refractivity contribution >= 4 is 34.4 Å². The smallest absolute Gasteiger partial charge is 0.310 e. The third-order valence-electron chi connectivity index (χ3n) is 4.90. The number of aryl methyl sites for hydroxylation is 2. The van der Waals surface area contributed by atoms with Gasteiger partial charge < -0.3 is 19.4 Å². The Labute approximate surface area is 178 Å². The van der Waals surface area contributed by atoms with E-state index in [2.05, 4.69) is 5.32 Å². The molecule has 0 saturated carbocycles. The lowest BCUT2D eigenvalue weighted by Crippen LogP contribution is -2.37. The lowest BCUT2D eigenvalue weighted by molar-refractivity contribution is -0.151. The average molecular weight is 426 g/mol. The van der Waals surface area contributed by atoms with Crippen LogP contribution in [0.5, 0.6) is 0 Å². The zero-order valence-corrected chi connectivity index (χ0v) is 17.5. The highest BCUT2D eigenvalue weighted by Crippen LogP contribution is 2.25. The van der Waals surface area contributed by atoms with E-state index in [1.54, 1.807) is 0 Å². The number of anilines is 1. The van der Waals surface area contributed by atoms with Crippen LogP contribution in [0.15, 0.2) is 47.1 Å². The Kier molecular flexibility index (Phi) is 6.69. The molecule has 0 saturated heterocycles. The highest BCUT2D eigenvalue weighted by Gasteiger charge is 2.17. The maximum Gasteiger partial charge on any atom is 0.310 e. The molecule has 0 aliphatic rings. The van der Waals surface area contributed by atoms with Crippen LogP contribution in [-0.2, 0) is 25.5 Å². The summed E-state index contributed by atoms with van der Waals surface area (Å²) < 4.78 is 23.5. The minimum atomic E-state index is -0.571. The molecule has 0 bridgehead atoms. The number of esters is 1. The van der Waals surface area contributed by atoms with Crippen molar-refractivity contribution in [1.82, 2.24) is 4.90 Å². The quantitative estimate of drug-likeness (QED) is 0.585. The van der Waals surface area contributed by atoms with Gasteiger partial charge in [0.1, 0.15) is 11.4 Å². The molecular formula is C23H23FN2O5. The number of hydrogen-bond donors (Lipinski definition) is 1. The van der Waals surface area contributed by atoms with Gasteiger partial charge in [0.25, 0.3) is 5.91 Å². The van der Waals surface area contributed by atoms with Crippen molar-refractivity contribution in [3.63, 3.8) is 0 Å². The van der Waals surface area contributed by atoms with Gasteiger partial charge in [0.05, 0.1) is 19.2 Å². The van der Waals surface area contributed by atoms with Crippen LogP contribution < -0.4 is 5.32 Å². The molecule has 0 radical (unpaired) electrons. The number of halogens is 1. The molecule has 3 rings (SSSR count). The molecule has 0 aliphatic carbocycles. The number of likely N-dealkylation sites (N-methyl/N-ethyl adjacent to an activating group) is 1. The van der Waals surface area contributed by atoms with Crippen LogP contribution in [0, 0.1) is 19.7 Å². The maximum atomic E-state index is 12.9. The fourth-order valence-corrected chi connectivity index (χ4v) is 2.97. The first-order valence-corrected chi connectivity index (χ1v) is 9.65. The van der Waals surface area contributed by atoms with Crippen LogP contribution in [0.2, 0.25) is 0 Å². The molecule has 8 heteroatoms. The number of ether oxygens (including phenoxy) is 1. The summed E-state index contributed by atoms with van der Waals surface area (Å²) in [5.41, 5.74) is 3.96. The van der Waals surface area contributed by atoms with Crippen LogP contribution in [0.4, 0.5) is 10.1 Å². The average Bonchev–Trinajstić information content (AvgIpc) is 3.09. The molecule has 0 unspecified atom stereocenters. The predicted molar refractivity (Wildman–Crippen MR) is 113 cm³/mol. The molecule has 1 heterocycles. The first kappa shape index (κ1) is 22.0. The minimum absolute atomic E-state index is 0.0302. The Hall–Kier alpha value is -3.68. The zero-order chi connectivity index (χ0) is 22.5. The monoisotopic (exact) mass is 426 g/mol. The summed E-state index contributed by atoms with van der Waals surface area (Å²) >= 11 is 0. The van der Waals surface area contributed by atoms with Crippen LogP contribution in [-0.4, -0.2) is 42.9 Å². The van der Waals surface area contributed by atoms with Gasteiger partial charge in [0.2, 0.25) is 5.91 Å². The summed E-state index contributed by atoms with van der Waals surface area (Å²) in [6, 6.07) is 9.13. The summed E-state index contributed by atoms with van der Waals surface area (Å²) in [6.45, 7) is 3.24. The van der Waals surface area contributed by atoms with Gasteiger partial charge in [-0.25, -0.2) is 4.39 Å². The van der Waals surface area contributed by atoms with Crippen molar-refractivity contribution in [3.8, 4) is 0 Å². The molecule has 0 aliphatic heterocycles. The van der Waals surface area contributed by atoms with Crippen molar-refractivity contribution < 1.29 is 27.9 Å². The van der Waals surface area contributed by atoms with Gasteiger partial charge in [-0.05, 0) is 61.4 Å². The third-order valence-corrected chi connectivity index (χ3v) is 4.90. The van der Waals surface area contributed by atoms with Gasteiger partial charge in [-0.1, -0.05) is 0 Å². The second kappa shape index (κ2) is 9.42. The number of furan rings is 1. The van der Waals surface area contributed by atoms with E-state index in [1.165, 1.54) is 37.6 Å². The van der Waals surface area contributed by atoms with Crippen molar-refractivity contribution in [3.05, 3.63) is 65.2 Å². The number of carbonyl (C=O) groups excluding carboxylic acids is 3. The molecule has 31 heavy (non-hydrogen) atoms. The third kappa shape index (κ3) is 5.69. The van der Waals surface area contributed by atoms with E-state index in [0.717, 1.165) is 21.4 Å². The second-order valence-electron chi connectivity index (χ2n) is 7.34. The normalized spacial score (nSPS) is 10.7. The zero-order valence-electron chi connectivity index (χ0n) is 17.5. The number of hydrogen-bond acceptors (Lipinski definition) is 5. The van der Waals surface area contributed by atoms with Crippen molar-refractivity contribution in [2.24, 2.45) is 0 Å². The Morgan fingerprint density at radius 1 is 1.10 bits per heavy atom. The van der Waals surface area contributed by atoms with E-state index in [4.69, 9.17) is 9.15 Å². The van der Waals surface area contributed by atoms with Crippen molar-refractivity contribution in [2.45, 2.75) is 20.3 Å². The van der Waals surface area contributed by atoms with Gasteiger partial charge in [-0.15, -0.1) is 0 Å². The standard InChI is InChI=1S/C23H23FN2O5/c1-14-8-19-16(12-30-20(19)9-15(14)2)10-23(29)31-13-22(28)26(3)11-21(27)25-18-6-4-17(24)5-7-18/h4-9,12H,10-11,13H2,1-3H3,(H,25,27). The van der Waals surface area contributed by atoms with Crippen LogP contribution in [0.3, 0.4) is 0 Å². The maximum absolute atomic E-state index is 12.9. The van der Waals surface area contributed by atoms with Gasteiger partial charge in [-0.3, -0.25) is 14.4 Å². The first-order valence-electron chi connectivity index (χ1n) is 9.65. The molecule has 1 N–H and O–H groups in total. The van der Waals surface area contributed by atoms with Gasteiger partial charge in [0.15, 0.2) is 6.61 Å². The molecule has 162 valence electrons. The number of benzene rings is 2.